The maximum atomic E-state index is 3.60. The van der Waals surface area contributed by atoms with Gasteiger partial charge in [0.05, 0.1) is 0 Å². The van der Waals surface area contributed by atoms with Crippen LogP contribution in [0.3, 0.4) is 0 Å². The summed E-state index contributed by atoms with van der Waals surface area (Å²) >= 11 is 0. The van der Waals surface area contributed by atoms with Crippen molar-refractivity contribution in [2.75, 3.05) is 32.7 Å². The lowest BCUT2D eigenvalue weighted by Gasteiger charge is -2.27. The van der Waals surface area contributed by atoms with E-state index in [9.17, 15) is 0 Å². The van der Waals surface area contributed by atoms with Gasteiger partial charge >= 0.3 is 0 Å². The SMILES string of the molecule is C1CCN(CCCNCCC2CCC2)CC1. The second-order valence-electron chi connectivity index (χ2n) is 5.59. The number of hydrogen-bond acceptors (Lipinski definition) is 2. The normalized spacial score (nSPS) is 23.2. The zero-order valence-electron chi connectivity index (χ0n) is 10.7. The molecule has 0 aromatic heterocycles. The zero-order valence-corrected chi connectivity index (χ0v) is 10.7. The lowest BCUT2D eigenvalue weighted by atomic mass is 9.83. The summed E-state index contributed by atoms with van der Waals surface area (Å²) < 4.78 is 0. The molecule has 0 radical (unpaired) electrons. The van der Waals surface area contributed by atoms with E-state index < -0.39 is 0 Å². The average Bonchev–Trinajstić information content (AvgIpc) is 2.27. The van der Waals surface area contributed by atoms with Gasteiger partial charge in [0.2, 0.25) is 0 Å². The summed E-state index contributed by atoms with van der Waals surface area (Å²) in [6.07, 6.45) is 11.5. The van der Waals surface area contributed by atoms with Crippen molar-refractivity contribution in [3.05, 3.63) is 0 Å². The van der Waals surface area contributed by atoms with Gasteiger partial charge in [0, 0.05) is 0 Å². The number of hydrogen-bond donors (Lipinski definition) is 1. The molecule has 2 heteroatoms. The summed E-state index contributed by atoms with van der Waals surface area (Å²) in [5, 5.41) is 3.60. The number of rotatable bonds is 7. The average molecular weight is 224 g/mol. The topological polar surface area (TPSA) is 15.3 Å². The van der Waals surface area contributed by atoms with E-state index >= 15 is 0 Å². The highest BCUT2D eigenvalue weighted by atomic mass is 15.1. The Hall–Kier alpha value is -0.0800. The van der Waals surface area contributed by atoms with E-state index in [2.05, 4.69) is 10.2 Å². The van der Waals surface area contributed by atoms with Gasteiger partial charge in [-0.15, -0.1) is 0 Å². The quantitative estimate of drug-likeness (QED) is 0.669. The van der Waals surface area contributed by atoms with Gasteiger partial charge in [0.15, 0.2) is 0 Å². The van der Waals surface area contributed by atoms with Crippen LogP contribution in [0.15, 0.2) is 0 Å². The minimum atomic E-state index is 1.06. The van der Waals surface area contributed by atoms with Crippen LogP contribution in [0.1, 0.15) is 51.4 Å². The van der Waals surface area contributed by atoms with Crippen LogP contribution < -0.4 is 5.32 Å². The first-order chi connectivity index (χ1) is 7.95. The van der Waals surface area contributed by atoms with Crippen LogP contribution in [0.2, 0.25) is 0 Å². The third-order valence-electron chi connectivity index (χ3n) is 4.23. The number of likely N-dealkylation sites (tertiary alicyclic amines) is 1. The molecule has 0 spiro atoms. The highest BCUT2D eigenvalue weighted by Crippen LogP contribution is 2.28. The third kappa shape index (κ3) is 4.42. The molecule has 94 valence electrons. The molecule has 1 aliphatic heterocycles. The van der Waals surface area contributed by atoms with Gasteiger partial charge in [0.25, 0.3) is 0 Å². The molecule has 2 nitrogen and oxygen atoms in total. The van der Waals surface area contributed by atoms with Crippen molar-refractivity contribution in [2.45, 2.75) is 51.4 Å². The molecule has 1 heterocycles. The number of piperidine rings is 1. The van der Waals surface area contributed by atoms with Crippen molar-refractivity contribution >= 4 is 0 Å². The van der Waals surface area contributed by atoms with Crippen LogP contribution in [0.4, 0.5) is 0 Å². The lowest BCUT2D eigenvalue weighted by Crippen LogP contribution is -2.32. The second kappa shape index (κ2) is 7.29. The molecule has 0 aromatic carbocycles. The first kappa shape index (κ1) is 12.4. The van der Waals surface area contributed by atoms with E-state index in [0.717, 1.165) is 5.92 Å². The fourth-order valence-corrected chi connectivity index (χ4v) is 2.82. The van der Waals surface area contributed by atoms with Crippen molar-refractivity contribution < 1.29 is 0 Å². The summed E-state index contributed by atoms with van der Waals surface area (Å²) in [6.45, 7) is 6.49. The molecular formula is C14H28N2. The Morgan fingerprint density at radius 1 is 0.938 bits per heavy atom. The minimum absolute atomic E-state index is 1.06. The molecule has 0 amide bonds. The van der Waals surface area contributed by atoms with Gasteiger partial charge in [-0.1, -0.05) is 25.7 Å². The maximum Gasteiger partial charge on any atom is -0.000664 e. The van der Waals surface area contributed by atoms with Gasteiger partial charge < -0.3 is 10.2 Å². The van der Waals surface area contributed by atoms with Crippen LogP contribution in [-0.4, -0.2) is 37.6 Å². The largest absolute Gasteiger partial charge is 0.317 e. The van der Waals surface area contributed by atoms with Crippen LogP contribution in [0, 0.1) is 5.92 Å². The predicted octanol–water partition coefficient (Wildman–Crippen LogP) is 2.64. The first-order valence-corrected chi connectivity index (χ1v) is 7.38. The number of nitrogens with zero attached hydrogens (tertiary/aromatic N) is 1. The molecule has 1 saturated heterocycles. The molecular weight excluding hydrogens is 196 g/mol. The Morgan fingerprint density at radius 3 is 2.44 bits per heavy atom. The van der Waals surface area contributed by atoms with Crippen molar-refractivity contribution in [2.24, 2.45) is 5.92 Å². The first-order valence-electron chi connectivity index (χ1n) is 7.38. The van der Waals surface area contributed by atoms with Crippen LogP contribution in [-0.2, 0) is 0 Å². The molecule has 1 N–H and O–H groups in total. The predicted molar refractivity (Wildman–Crippen MR) is 69.7 cm³/mol. The van der Waals surface area contributed by atoms with Crippen LogP contribution in [0.25, 0.3) is 0 Å². The molecule has 2 aliphatic rings. The summed E-state index contributed by atoms with van der Waals surface area (Å²) in [5.74, 6) is 1.06. The van der Waals surface area contributed by atoms with E-state index in [-0.39, 0.29) is 0 Å². The molecule has 0 atom stereocenters. The summed E-state index contributed by atoms with van der Waals surface area (Å²) in [4.78, 5) is 2.64. The number of nitrogens with one attached hydrogen (secondary N) is 1. The Morgan fingerprint density at radius 2 is 1.75 bits per heavy atom. The van der Waals surface area contributed by atoms with Gasteiger partial charge in [-0.25, -0.2) is 0 Å². The fourth-order valence-electron chi connectivity index (χ4n) is 2.82. The zero-order chi connectivity index (χ0) is 11.1. The Bertz CT molecular complexity index is 172. The Labute approximate surface area is 101 Å². The molecule has 0 bridgehead atoms. The third-order valence-corrected chi connectivity index (χ3v) is 4.23. The van der Waals surface area contributed by atoms with Gasteiger partial charge in [-0.2, -0.15) is 0 Å². The van der Waals surface area contributed by atoms with Gasteiger partial charge in [0.1, 0.15) is 0 Å². The second-order valence-corrected chi connectivity index (χ2v) is 5.59. The van der Waals surface area contributed by atoms with Gasteiger partial charge in [-0.3, -0.25) is 0 Å². The highest BCUT2D eigenvalue weighted by molar-refractivity contribution is 4.70. The summed E-state index contributed by atoms with van der Waals surface area (Å²) in [6, 6.07) is 0. The maximum absolute atomic E-state index is 3.60. The molecule has 1 saturated carbocycles. The monoisotopic (exact) mass is 224 g/mol. The molecule has 0 aromatic rings. The summed E-state index contributed by atoms with van der Waals surface area (Å²) in [5.41, 5.74) is 0. The van der Waals surface area contributed by atoms with E-state index in [0.29, 0.717) is 0 Å². The van der Waals surface area contributed by atoms with Crippen molar-refractivity contribution in [1.29, 1.82) is 0 Å². The van der Waals surface area contributed by atoms with Crippen LogP contribution >= 0.6 is 0 Å². The Balaban J connectivity index is 1.36. The molecule has 1 aliphatic carbocycles. The standard InChI is InChI=1S/C14H28N2/c1-2-11-16(12-3-1)13-5-9-15-10-8-14-6-4-7-14/h14-15H,1-13H2. The van der Waals surface area contributed by atoms with E-state index in [1.54, 1.807) is 0 Å². The molecule has 0 unspecified atom stereocenters. The smallest absolute Gasteiger partial charge is 0.000664 e. The molecule has 2 fully saturated rings. The Kier molecular flexibility index (Phi) is 5.64. The summed E-state index contributed by atoms with van der Waals surface area (Å²) in [7, 11) is 0. The molecule has 2 rings (SSSR count). The van der Waals surface area contributed by atoms with Crippen molar-refractivity contribution in [3.8, 4) is 0 Å². The molecule has 16 heavy (non-hydrogen) atoms. The minimum Gasteiger partial charge on any atom is -0.317 e. The van der Waals surface area contributed by atoms with Gasteiger partial charge in [-0.05, 0) is 64.3 Å². The van der Waals surface area contributed by atoms with E-state index in [1.807, 2.05) is 0 Å². The highest BCUT2D eigenvalue weighted by Gasteiger charge is 2.16. The van der Waals surface area contributed by atoms with E-state index in [4.69, 9.17) is 0 Å². The lowest BCUT2D eigenvalue weighted by molar-refractivity contribution is 0.225. The van der Waals surface area contributed by atoms with Crippen molar-refractivity contribution in [1.82, 2.24) is 10.2 Å². The van der Waals surface area contributed by atoms with Crippen molar-refractivity contribution in [3.63, 3.8) is 0 Å². The van der Waals surface area contributed by atoms with E-state index in [1.165, 1.54) is 84.1 Å². The van der Waals surface area contributed by atoms with Crippen LogP contribution in [0.5, 0.6) is 0 Å². The fraction of sp³-hybridized carbons (Fsp3) is 1.00.